The summed E-state index contributed by atoms with van der Waals surface area (Å²) in [5.41, 5.74) is 2.80. The zero-order valence-corrected chi connectivity index (χ0v) is 10.3. The van der Waals surface area contributed by atoms with Crippen LogP contribution in [0.15, 0.2) is 30.5 Å². The summed E-state index contributed by atoms with van der Waals surface area (Å²) >= 11 is 7.40. The molecule has 0 saturated carbocycles. The number of fused-ring (bicyclic) bond motifs is 1. The van der Waals surface area contributed by atoms with Crippen molar-refractivity contribution in [2.75, 3.05) is 11.4 Å². The van der Waals surface area contributed by atoms with Crippen LogP contribution in [0.25, 0.3) is 0 Å². The Hall–Kier alpha value is -1.06. The lowest BCUT2D eigenvalue weighted by Crippen LogP contribution is -2.18. The molecule has 4 heteroatoms. The Labute approximate surface area is 104 Å². The molecule has 1 aromatic carbocycles. The van der Waals surface area contributed by atoms with E-state index in [1.807, 2.05) is 6.20 Å². The quantitative estimate of drug-likeness (QED) is 0.813. The van der Waals surface area contributed by atoms with Crippen molar-refractivity contribution >= 4 is 28.6 Å². The Bertz CT molecular complexity index is 509. The minimum absolute atomic E-state index is 0.627. The summed E-state index contributed by atoms with van der Waals surface area (Å²) in [4.78, 5) is 7.68. The first kappa shape index (κ1) is 10.1. The molecular formula is C12H11ClN2S. The minimum Gasteiger partial charge on any atom is -0.366 e. The number of anilines is 1. The van der Waals surface area contributed by atoms with E-state index < -0.39 is 0 Å². The molecule has 2 heterocycles. The summed E-state index contributed by atoms with van der Waals surface area (Å²) < 4.78 is 0.627. The van der Waals surface area contributed by atoms with Crippen molar-refractivity contribution in [3.8, 4) is 0 Å². The van der Waals surface area contributed by atoms with E-state index in [0.717, 1.165) is 19.5 Å². The van der Waals surface area contributed by atoms with E-state index in [1.165, 1.54) is 16.1 Å². The van der Waals surface area contributed by atoms with E-state index in [4.69, 9.17) is 11.6 Å². The zero-order valence-electron chi connectivity index (χ0n) is 8.69. The third-order valence-corrected chi connectivity index (χ3v) is 3.96. The van der Waals surface area contributed by atoms with Crippen LogP contribution < -0.4 is 4.90 Å². The monoisotopic (exact) mass is 250 g/mol. The third kappa shape index (κ3) is 1.81. The number of hydrogen-bond donors (Lipinski definition) is 0. The summed E-state index contributed by atoms with van der Waals surface area (Å²) in [5, 5.41) is 0. The number of nitrogens with zero attached hydrogens (tertiary/aromatic N) is 2. The van der Waals surface area contributed by atoms with Crippen molar-refractivity contribution in [3.63, 3.8) is 0 Å². The molecule has 2 aromatic rings. The Morgan fingerprint density at radius 2 is 2.25 bits per heavy atom. The smallest absolute Gasteiger partial charge is 0.183 e. The number of hydrogen-bond acceptors (Lipinski definition) is 3. The molecule has 0 radical (unpaired) electrons. The lowest BCUT2D eigenvalue weighted by atomic mass is 10.2. The van der Waals surface area contributed by atoms with Gasteiger partial charge < -0.3 is 4.90 Å². The lowest BCUT2D eigenvalue weighted by molar-refractivity contribution is 0.844. The van der Waals surface area contributed by atoms with Crippen LogP contribution in [0.2, 0.25) is 4.47 Å². The molecule has 0 saturated heterocycles. The summed E-state index contributed by atoms with van der Waals surface area (Å²) in [5.74, 6) is 0. The summed E-state index contributed by atoms with van der Waals surface area (Å²) in [6, 6.07) is 8.59. The second-order valence-corrected chi connectivity index (χ2v) is 5.58. The van der Waals surface area contributed by atoms with Gasteiger partial charge in [0.15, 0.2) is 4.47 Å². The van der Waals surface area contributed by atoms with E-state index in [9.17, 15) is 0 Å². The van der Waals surface area contributed by atoms with Crippen LogP contribution in [0.5, 0.6) is 0 Å². The summed E-state index contributed by atoms with van der Waals surface area (Å²) in [6.07, 6.45) is 3.01. The molecule has 2 nitrogen and oxygen atoms in total. The fourth-order valence-electron chi connectivity index (χ4n) is 2.12. The second-order valence-electron chi connectivity index (χ2n) is 3.88. The first-order valence-electron chi connectivity index (χ1n) is 5.26. The van der Waals surface area contributed by atoms with Gasteiger partial charge in [0, 0.05) is 23.3 Å². The maximum Gasteiger partial charge on any atom is 0.183 e. The van der Waals surface area contributed by atoms with Crippen molar-refractivity contribution in [1.29, 1.82) is 0 Å². The van der Waals surface area contributed by atoms with Crippen molar-refractivity contribution in [2.45, 2.75) is 13.0 Å². The summed E-state index contributed by atoms with van der Waals surface area (Å²) in [7, 11) is 0. The molecule has 1 aliphatic heterocycles. The molecule has 0 unspecified atom stereocenters. The highest BCUT2D eigenvalue weighted by Gasteiger charge is 2.18. The van der Waals surface area contributed by atoms with Crippen LogP contribution in [0.1, 0.15) is 10.4 Å². The van der Waals surface area contributed by atoms with Crippen molar-refractivity contribution < 1.29 is 0 Å². The maximum absolute atomic E-state index is 5.83. The lowest BCUT2D eigenvalue weighted by Gasteiger charge is -2.17. The number of para-hydroxylation sites is 1. The third-order valence-electron chi connectivity index (χ3n) is 2.86. The first-order valence-corrected chi connectivity index (χ1v) is 6.45. The molecule has 82 valence electrons. The average Bonchev–Trinajstić information content (AvgIpc) is 2.87. The molecule has 3 rings (SSSR count). The van der Waals surface area contributed by atoms with E-state index in [-0.39, 0.29) is 0 Å². The number of rotatable bonds is 2. The van der Waals surface area contributed by atoms with E-state index in [1.54, 1.807) is 11.3 Å². The van der Waals surface area contributed by atoms with Crippen molar-refractivity contribution in [2.24, 2.45) is 0 Å². The molecule has 1 aliphatic rings. The topological polar surface area (TPSA) is 16.1 Å². The predicted molar refractivity (Wildman–Crippen MR) is 68.3 cm³/mol. The highest BCUT2D eigenvalue weighted by molar-refractivity contribution is 7.15. The Kier molecular flexibility index (Phi) is 2.58. The van der Waals surface area contributed by atoms with Crippen LogP contribution in [0.4, 0.5) is 5.69 Å². The molecule has 0 aliphatic carbocycles. The Morgan fingerprint density at radius 1 is 1.38 bits per heavy atom. The minimum atomic E-state index is 0.627. The Balaban J connectivity index is 1.83. The van der Waals surface area contributed by atoms with Crippen LogP contribution in [0, 0.1) is 0 Å². The molecule has 1 aromatic heterocycles. The molecule has 0 amide bonds. The van der Waals surface area contributed by atoms with Gasteiger partial charge in [-0.1, -0.05) is 29.8 Å². The van der Waals surface area contributed by atoms with Gasteiger partial charge in [0.05, 0.1) is 6.54 Å². The van der Waals surface area contributed by atoms with Crippen LogP contribution in [0.3, 0.4) is 0 Å². The van der Waals surface area contributed by atoms with Crippen LogP contribution >= 0.6 is 22.9 Å². The van der Waals surface area contributed by atoms with Crippen molar-refractivity contribution in [3.05, 3.63) is 45.4 Å². The normalized spacial score (nSPS) is 14.2. The van der Waals surface area contributed by atoms with Gasteiger partial charge in [-0.25, -0.2) is 4.98 Å². The van der Waals surface area contributed by atoms with Crippen LogP contribution in [-0.4, -0.2) is 11.5 Å². The number of benzene rings is 1. The predicted octanol–water partition coefficient (Wildman–Crippen LogP) is 3.36. The first-order chi connectivity index (χ1) is 7.83. The highest BCUT2D eigenvalue weighted by atomic mass is 35.5. The molecule has 0 fully saturated rings. The van der Waals surface area contributed by atoms with Gasteiger partial charge in [0.2, 0.25) is 0 Å². The second kappa shape index (κ2) is 4.07. The largest absolute Gasteiger partial charge is 0.366 e. The number of thiazole rings is 1. The van der Waals surface area contributed by atoms with Crippen LogP contribution in [-0.2, 0) is 13.0 Å². The highest BCUT2D eigenvalue weighted by Crippen LogP contribution is 2.30. The maximum atomic E-state index is 5.83. The van der Waals surface area contributed by atoms with E-state index >= 15 is 0 Å². The molecule has 0 atom stereocenters. The van der Waals surface area contributed by atoms with Gasteiger partial charge in [-0.3, -0.25) is 0 Å². The molecule has 0 N–H and O–H groups in total. The standard InChI is InChI=1S/C12H11ClN2S/c13-12-14-7-10(16-12)8-15-6-5-9-3-1-2-4-11(9)15/h1-4,7H,5-6,8H2. The van der Waals surface area contributed by atoms with Gasteiger partial charge in [0.1, 0.15) is 0 Å². The Morgan fingerprint density at radius 3 is 3.06 bits per heavy atom. The van der Waals surface area contributed by atoms with E-state index in [0.29, 0.717) is 4.47 Å². The summed E-state index contributed by atoms with van der Waals surface area (Å²) in [6.45, 7) is 2.01. The number of halogens is 1. The molecule has 0 bridgehead atoms. The van der Waals surface area contributed by atoms with Gasteiger partial charge in [-0.2, -0.15) is 0 Å². The van der Waals surface area contributed by atoms with Gasteiger partial charge in [-0.05, 0) is 18.1 Å². The van der Waals surface area contributed by atoms with E-state index in [2.05, 4.69) is 34.1 Å². The molecular weight excluding hydrogens is 240 g/mol. The van der Waals surface area contributed by atoms with Crippen molar-refractivity contribution in [1.82, 2.24) is 4.98 Å². The molecule has 16 heavy (non-hydrogen) atoms. The SMILES string of the molecule is Clc1ncc(CN2CCc3ccccc32)s1. The zero-order chi connectivity index (χ0) is 11.0. The number of aromatic nitrogens is 1. The fourth-order valence-corrected chi connectivity index (χ4v) is 3.11. The molecule has 0 spiro atoms. The average molecular weight is 251 g/mol. The fraction of sp³-hybridized carbons (Fsp3) is 0.250. The van der Waals surface area contributed by atoms with Gasteiger partial charge in [-0.15, -0.1) is 11.3 Å². The van der Waals surface area contributed by atoms with Gasteiger partial charge >= 0.3 is 0 Å². The van der Waals surface area contributed by atoms with Gasteiger partial charge in [0.25, 0.3) is 0 Å².